The highest BCUT2D eigenvalue weighted by atomic mass is 16.6. The molecule has 1 aliphatic heterocycles. The maximum absolute atomic E-state index is 12.9. The first-order chi connectivity index (χ1) is 16.6. The van der Waals surface area contributed by atoms with Gasteiger partial charge in [0.05, 0.1) is 6.61 Å². The highest BCUT2D eigenvalue weighted by molar-refractivity contribution is 6.17. The zero-order valence-corrected chi connectivity index (χ0v) is 18.8. The van der Waals surface area contributed by atoms with E-state index in [-0.39, 0.29) is 29.9 Å². The van der Waals surface area contributed by atoms with Crippen molar-refractivity contribution >= 4 is 17.5 Å². The minimum atomic E-state index is -0.996. The largest absolute Gasteiger partial charge is 0.462 e. The Hall–Kier alpha value is -3.92. The summed E-state index contributed by atoms with van der Waals surface area (Å²) in [4.78, 5) is 25.6. The number of esters is 2. The Labute approximate surface area is 198 Å². The van der Waals surface area contributed by atoms with Gasteiger partial charge in [0.25, 0.3) is 0 Å². The van der Waals surface area contributed by atoms with Crippen LogP contribution in [-0.2, 0) is 19.1 Å². The number of hydrogen-bond donors (Lipinski definition) is 0. The fourth-order valence-electron chi connectivity index (χ4n) is 5.87. The maximum atomic E-state index is 12.9. The van der Waals surface area contributed by atoms with Crippen molar-refractivity contribution in [2.45, 2.75) is 12.5 Å². The van der Waals surface area contributed by atoms with E-state index in [1.165, 1.54) is 11.1 Å². The number of ether oxygens (including phenoxy) is 2. The number of allylic oxidation sites excluding steroid dienone is 4. The summed E-state index contributed by atoms with van der Waals surface area (Å²) >= 11 is 0. The van der Waals surface area contributed by atoms with E-state index in [4.69, 9.17) is 9.47 Å². The lowest BCUT2D eigenvalue weighted by Crippen LogP contribution is -2.43. The summed E-state index contributed by atoms with van der Waals surface area (Å²) in [6.07, 6.45) is 12.4. The average molecular weight is 449 g/mol. The third-order valence-electron chi connectivity index (χ3n) is 7.24. The molecule has 1 heterocycles. The van der Waals surface area contributed by atoms with Crippen LogP contribution in [0.25, 0.3) is 5.57 Å². The van der Waals surface area contributed by atoms with Crippen LogP contribution in [0.5, 0.6) is 0 Å². The van der Waals surface area contributed by atoms with Crippen molar-refractivity contribution in [1.82, 2.24) is 0 Å². The van der Waals surface area contributed by atoms with Gasteiger partial charge in [0.15, 0.2) is 11.2 Å². The smallest absolute Gasteiger partial charge is 0.347 e. The highest BCUT2D eigenvalue weighted by Crippen LogP contribution is 2.57. The molecule has 2 bridgehead atoms. The minimum absolute atomic E-state index is 0.0150. The molecule has 4 heteroatoms. The predicted octanol–water partition coefficient (Wildman–Crippen LogP) is 5.20. The van der Waals surface area contributed by atoms with Crippen molar-refractivity contribution in [3.8, 4) is 0 Å². The molecule has 4 atom stereocenters. The summed E-state index contributed by atoms with van der Waals surface area (Å²) < 4.78 is 11.2. The van der Waals surface area contributed by atoms with Crippen LogP contribution in [0.2, 0.25) is 0 Å². The van der Waals surface area contributed by atoms with E-state index in [0.717, 1.165) is 11.1 Å². The first kappa shape index (κ1) is 20.7. The third-order valence-corrected chi connectivity index (χ3v) is 7.24. The minimum Gasteiger partial charge on any atom is -0.462 e. The van der Waals surface area contributed by atoms with Crippen molar-refractivity contribution in [2.75, 3.05) is 6.61 Å². The van der Waals surface area contributed by atoms with Crippen LogP contribution >= 0.6 is 0 Å². The van der Waals surface area contributed by atoms with Crippen molar-refractivity contribution in [3.05, 3.63) is 125 Å². The number of rotatable bonds is 4. The molecular formula is C30H24O4. The monoisotopic (exact) mass is 448 g/mol. The van der Waals surface area contributed by atoms with Crippen LogP contribution in [0.4, 0.5) is 0 Å². The van der Waals surface area contributed by atoms with Crippen LogP contribution < -0.4 is 0 Å². The fourth-order valence-corrected chi connectivity index (χ4v) is 5.87. The second-order valence-electron chi connectivity index (χ2n) is 8.96. The number of hydrogen-bond acceptors (Lipinski definition) is 4. The molecular weight excluding hydrogens is 424 g/mol. The van der Waals surface area contributed by atoms with E-state index in [1.807, 2.05) is 24.3 Å². The van der Waals surface area contributed by atoms with Crippen LogP contribution in [0.15, 0.2) is 114 Å². The fraction of sp³-hybridized carbons (Fsp3) is 0.200. The van der Waals surface area contributed by atoms with Gasteiger partial charge in [-0.15, -0.1) is 0 Å². The van der Waals surface area contributed by atoms with Gasteiger partial charge in [-0.1, -0.05) is 91.0 Å². The normalized spacial score (nSPS) is 28.0. The standard InChI is InChI=1S/C30H24O4/c1-2-33-28(31)27-24-15-13-21-17-18-30(24,34-29(27)32)23-16-14-22(26(21)23)25(19-9-5-3-6-10-19)20-11-7-4-8-12-20/h3-18,21,23,26H,2H2,1H3/t21-,23-,26+,30+/m1/s1. The maximum Gasteiger partial charge on any atom is 0.347 e. The molecule has 1 spiro atoms. The summed E-state index contributed by atoms with van der Waals surface area (Å²) in [5, 5.41) is 0. The van der Waals surface area contributed by atoms with Crippen molar-refractivity contribution in [2.24, 2.45) is 17.8 Å². The molecule has 2 aromatic carbocycles. The Bertz CT molecular complexity index is 1280. The van der Waals surface area contributed by atoms with Gasteiger partial charge in [0.1, 0.15) is 0 Å². The zero-order valence-electron chi connectivity index (χ0n) is 18.8. The number of carbonyl (C=O) groups excluding carboxylic acids is 2. The van der Waals surface area contributed by atoms with Gasteiger partial charge in [-0.3, -0.25) is 0 Å². The predicted molar refractivity (Wildman–Crippen MR) is 129 cm³/mol. The van der Waals surface area contributed by atoms with Gasteiger partial charge in [-0.05, 0) is 35.3 Å². The Morgan fingerprint density at radius 1 is 0.941 bits per heavy atom. The average Bonchev–Trinajstić information content (AvgIpc) is 3.32. The molecule has 0 aromatic heterocycles. The molecule has 0 amide bonds. The molecule has 5 aliphatic rings. The Morgan fingerprint density at radius 2 is 1.62 bits per heavy atom. The Balaban J connectivity index is 1.54. The molecule has 0 unspecified atom stereocenters. The summed E-state index contributed by atoms with van der Waals surface area (Å²) in [7, 11) is 0. The van der Waals surface area contributed by atoms with E-state index in [9.17, 15) is 9.59 Å². The molecule has 0 saturated carbocycles. The summed E-state index contributed by atoms with van der Waals surface area (Å²) in [5.41, 5.74) is 4.30. The van der Waals surface area contributed by atoms with E-state index in [2.05, 4.69) is 72.8 Å². The second kappa shape index (κ2) is 7.84. The van der Waals surface area contributed by atoms with Gasteiger partial charge >= 0.3 is 11.9 Å². The van der Waals surface area contributed by atoms with Crippen molar-refractivity contribution < 1.29 is 19.1 Å². The summed E-state index contributed by atoms with van der Waals surface area (Å²) in [5.74, 6) is -1.15. The van der Waals surface area contributed by atoms with Crippen LogP contribution in [0.3, 0.4) is 0 Å². The van der Waals surface area contributed by atoms with E-state index in [1.54, 1.807) is 6.92 Å². The molecule has 7 rings (SSSR count). The summed E-state index contributed by atoms with van der Waals surface area (Å²) in [6.45, 7) is 1.93. The molecule has 0 fully saturated rings. The lowest BCUT2D eigenvalue weighted by atomic mass is 9.67. The first-order valence-corrected chi connectivity index (χ1v) is 11.7. The lowest BCUT2D eigenvalue weighted by molar-refractivity contribution is -0.150. The zero-order chi connectivity index (χ0) is 23.3. The van der Waals surface area contributed by atoms with Gasteiger partial charge in [-0.25, -0.2) is 9.59 Å². The molecule has 2 aromatic rings. The van der Waals surface area contributed by atoms with E-state index in [0.29, 0.717) is 5.57 Å². The van der Waals surface area contributed by atoms with Crippen LogP contribution in [0.1, 0.15) is 18.1 Å². The second-order valence-corrected chi connectivity index (χ2v) is 8.96. The van der Waals surface area contributed by atoms with Crippen molar-refractivity contribution in [1.29, 1.82) is 0 Å². The molecule has 4 nitrogen and oxygen atoms in total. The third kappa shape index (κ3) is 2.91. The molecule has 4 aliphatic carbocycles. The van der Waals surface area contributed by atoms with Gasteiger partial charge < -0.3 is 9.47 Å². The topological polar surface area (TPSA) is 52.6 Å². The SMILES string of the molecule is CCOC(=O)C1=C2C=C[C@@H]3C=C[C@]2(OC1=O)[C@@H]1C=CC(=C(c2ccccc2)c2ccccc2)[C@H]31. The Morgan fingerprint density at radius 3 is 2.26 bits per heavy atom. The molecule has 168 valence electrons. The lowest BCUT2D eigenvalue weighted by Gasteiger charge is -2.40. The summed E-state index contributed by atoms with van der Waals surface area (Å²) in [6, 6.07) is 20.8. The highest BCUT2D eigenvalue weighted by Gasteiger charge is 2.59. The van der Waals surface area contributed by atoms with Gasteiger partial charge in [0.2, 0.25) is 0 Å². The van der Waals surface area contributed by atoms with Crippen LogP contribution in [-0.4, -0.2) is 24.1 Å². The Kier molecular flexibility index (Phi) is 4.77. The van der Waals surface area contributed by atoms with E-state index < -0.39 is 17.5 Å². The number of benzene rings is 2. The van der Waals surface area contributed by atoms with Crippen LogP contribution in [0, 0.1) is 17.8 Å². The van der Waals surface area contributed by atoms with Crippen molar-refractivity contribution in [3.63, 3.8) is 0 Å². The molecule has 0 N–H and O–H groups in total. The number of carbonyl (C=O) groups is 2. The van der Waals surface area contributed by atoms with Gasteiger partial charge in [0, 0.05) is 23.3 Å². The van der Waals surface area contributed by atoms with Gasteiger partial charge in [-0.2, -0.15) is 0 Å². The first-order valence-electron chi connectivity index (χ1n) is 11.7. The molecule has 34 heavy (non-hydrogen) atoms. The quantitative estimate of drug-likeness (QED) is 0.366. The molecule has 0 saturated heterocycles. The molecule has 0 radical (unpaired) electrons. The van der Waals surface area contributed by atoms with E-state index >= 15 is 0 Å².